The average molecular weight is 355 g/mol. The number of carbonyl (C=O) groups excluding carboxylic acids is 1. The topological polar surface area (TPSA) is 47.6 Å². The molecule has 0 heterocycles. The zero-order valence-electron chi connectivity index (χ0n) is 16.4. The minimum Gasteiger partial charge on any atom is -0.492 e. The van der Waals surface area contributed by atoms with Gasteiger partial charge < -0.3 is 14.8 Å². The van der Waals surface area contributed by atoms with E-state index in [-0.39, 0.29) is 17.9 Å². The molecule has 2 aromatic carbocycles. The third kappa shape index (κ3) is 5.80. The molecule has 26 heavy (non-hydrogen) atoms. The summed E-state index contributed by atoms with van der Waals surface area (Å²) in [5.41, 5.74) is 3.60. The van der Waals surface area contributed by atoms with Crippen LogP contribution in [-0.4, -0.2) is 25.7 Å². The van der Waals surface area contributed by atoms with Gasteiger partial charge in [-0.2, -0.15) is 0 Å². The molecule has 0 fully saturated rings. The molecule has 0 spiro atoms. The number of aryl methyl sites for hydroxylation is 1. The molecule has 0 aliphatic carbocycles. The Morgan fingerprint density at radius 2 is 1.69 bits per heavy atom. The number of nitrogens with one attached hydrogen (secondary N) is 1. The Balaban J connectivity index is 1.69. The van der Waals surface area contributed by atoms with Crippen molar-refractivity contribution in [2.45, 2.75) is 40.0 Å². The number of hydrogen-bond donors (Lipinski definition) is 1. The van der Waals surface area contributed by atoms with E-state index in [0.29, 0.717) is 13.2 Å². The van der Waals surface area contributed by atoms with Gasteiger partial charge in [-0.15, -0.1) is 0 Å². The molecule has 140 valence electrons. The summed E-state index contributed by atoms with van der Waals surface area (Å²) in [6, 6.07) is 13.9. The fraction of sp³-hybridized carbons (Fsp3) is 0.409. The molecule has 0 saturated heterocycles. The summed E-state index contributed by atoms with van der Waals surface area (Å²) < 4.78 is 11.3. The molecule has 0 aliphatic heterocycles. The molecule has 0 unspecified atom stereocenters. The zero-order valence-corrected chi connectivity index (χ0v) is 16.4. The molecule has 0 radical (unpaired) electrons. The summed E-state index contributed by atoms with van der Waals surface area (Å²) in [4.78, 5) is 11.9. The van der Waals surface area contributed by atoms with E-state index >= 15 is 0 Å². The molecule has 2 aromatic rings. The quantitative estimate of drug-likeness (QED) is 0.758. The molecule has 0 atom stereocenters. The van der Waals surface area contributed by atoms with Gasteiger partial charge in [-0.25, -0.2) is 0 Å². The van der Waals surface area contributed by atoms with Crippen LogP contribution >= 0.6 is 0 Å². The van der Waals surface area contributed by atoms with Crippen LogP contribution in [0.15, 0.2) is 42.5 Å². The van der Waals surface area contributed by atoms with E-state index in [9.17, 15) is 4.79 Å². The second-order valence-electron chi connectivity index (χ2n) is 7.46. The van der Waals surface area contributed by atoms with Crippen molar-refractivity contribution in [1.29, 1.82) is 0 Å². The Morgan fingerprint density at radius 1 is 1.00 bits per heavy atom. The minimum absolute atomic E-state index is 0.00454. The van der Waals surface area contributed by atoms with Gasteiger partial charge in [0.05, 0.1) is 6.54 Å². The first-order valence-corrected chi connectivity index (χ1v) is 8.96. The summed E-state index contributed by atoms with van der Waals surface area (Å²) >= 11 is 0. The highest BCUT2D eigenvalue weighted by molar-refractivity contribution is 5.77. The summed E-state index contributed by atoms with van der Waals surface area (Å²) in [6.07, 6.45) is 0. The maximum Gasteiger partial charge on any atom is 0.258 e. The Morgan fingerprint density at radius 3 is 2.35 bits per heavy atom. The van der Waals surface area contributed by atoms with Gasteiger partial charge in [0.25, 0.3) is 5.91 Å². The van der Waals surface area contributed by atoms with Crippen molar-refractivity contribution in [3.8, 4) is 11.5 Å². The van der Waals surface area contributed by atoms with Crippen molar-refractivity contribution >= 4 is 5.91 Å². The van der Waals surface area contributed by atoms with Crippen LogP contribution < -0.4 is 14.8 Å². The van der Waals surface area contributed by atoms with Crippen molar-refractivity contribution in [1.82, 2.24) is 5.32 Å². The molecule has 0 saturated carbocycles. The lowest BCUT2D eigenvalue weighted by atomic mass is 9.87. The lowest BCUT2D eigenvalue weighted by Gasteiger charge is -2.19. The monoisotopic (exact) mass is 355 g/mol. The summed E-state index contributed by atoms with van der Waals surface area (Å²) in [7, 11) is 0. The number of rotatable bonds is 7. The van der Waals surface area contributed by atoms with Crippen LogP contribution in [-0.2, 0) is 10.2 Å². The highest BCUT2D eigenvalue weighted by Crippen LogP contribution is 2.24. The van der Waals surface area contributed by atoms with Crippen LogP contribution in [0, 0.1) is 13.8 Å². The third-order valence-corrected chi connectivity index (χ3v) is 4.33. The van der Waals surface area contributed by atoms with E-state index in [0.717, 1.165) is 22.6 Å². The number of carbonyl (C=O) groups is 1. The van der Waals surface area contributed by atoms with E-state index in [1.807, 2.05) is 44.2 Å². The summed E-state index contributed by atoms with van der Waals surface area (Å²) in [5, 5.41) is 2.80. The van der Waals surface area contributed by atoms with Crippen LogP contribution in [0.3, 0.4) is 0 Å². The van der Waals surface area contributed by atoms with Crippen molar-refractivity contribution in [2.75, 3.05) is 19.8 Å². The molecule has 4 heteroatoms. The van der Waals surface area contributed by atoms with Crippen molar-refractivity contribution in [3.05, 3.63) is 59.2 Å². The van der Waals surface area contributed by atoms with Gasteiger partial charge in [0.1, 0.15) is 18.1 Å². The van der Waals surface area contributed by atoms with Crippen molar-refractivity contribution in [2.24, 2.45) is 0 Å². The van der Waals surface area contributed by atoms with Gasteiger partial charge >= 0.3 is 0 Å². The largest absolute Gasteiger partial charge is 0.492 e. The first-order valence-electron chi connectivity index (χ1n) is 8.96. The molecule has 0 bridgehead atoms. The number of hydrogen-bond acceptors (Lipinski definition) is 3. The maximum atomic E-state index is 11.9. The molecular formula is C22H29NO3. The predicted molar refractivity (Wildman–Crippen MR) is 105 cm³/mol. The highest BCUT2D eigenvalue weighted by atomic mass is 16.5. The van der Waals surface area contributed by atoms with Gasteiger partial charge in [0, 0.05) is 0 Å². The molecule has 0 aliphatic rings. The van der Waals surface area contributed by atoms with E-state index in [1.165, 1.54) is 5.56 Å². The first-order chi connectivity index (χ1) is 12.3. The van der Waals surface area contributed by atoms with Gasteiger partial charge in [-0.05, 0) is 54.2 Å². The van der Waals surface area contributed by atoms with E-state index in [1.54, 1.807) is 0 Å². The zero-order chi connectivity index (χ0) is 19.2. The molecule has 2 rings (SSSR count). The Kier molecular flexibility index (Phi) is 6.67. The Labute approximate surface area is 156 Å². The average Bonchev–Trinajstić information content (AvgIpc) is 2.59. The van der Waals surface area contributed by atoms with E-state index in [4.69, 9.17) is 9.47 Å². The SMILES string of the molecule is Cc1cccc(OCC(=O)NCCOc2ccc(C(C)(C)C)cc2)c1C. The minimum atomic E-state index is -0.155. The molecule has 4 nitrogen and oxygen atoms in total. The second kappa shape index (κ2) is 8.75. The number of ether oxygens (including phenoxy) is 2. The number of amides is 1. The highest BCUT2D eigenvalue weighted by Gasteiger charge is 2.13. The van der Waals surface area contributed by atoms with Crippen LogP contribution in [0.4, 0.5) is 0 Å². The third-order valence-electron chi connectivity index (χ3n) is 4.33. The lowest BCUT2D eigenvalue weighted by molar-refractivity contribution is -0.123. The van der Waals surface area contributed by atoms with Crippen LogP contribution in [0.5, 0.6) is 11.5 Å². The van der Waals surface area contributed by atoms with E-state index < -0.39 is 0 Å². The van der Waals surface area contributed by atoms with E-state index in [2.05, 4.69) is 38.2 Å². The van der Waals surface area contributed by atoms with Crippen molar-refractivity contribution in [3.63, 3.8) is 0 Å². The van der Waals surface area contributed by atoms with Gasteiger partial charge in [-0.3, -0.25) is 4.79 Å². The Hall–Kier alpha value is -2.49. The Bertz CT molecular complexity index is 730. The van der Waals surface area contributed by atoms with Crippen molar-refractivity contribution < 1.29 is 14.3 Å². The maximum absolute atomic E-state index is 11.9. The molecule has 1 N–H and O–H groups in total. The molecule has 0 aromatic heterocycles. The number of benzene rings is 2. The predicted octanol–water partition coefficient (Wildman–Crippen LogP) is 4.17. The normalized spacial score (nSPS) is 11.1. The summed E-state index contributed by atoms with van der Waals surface area (Å²) in [6.45, 7) is 11.4. The fourth-order valence-electron chi connectivity index (χ4n) is 2.49. The standard InChI is InChI=1S/C22H29NO3/c1-16-7-6-8-20(17(16)2)26-15-21(24)23-13-14-25-19-11-9-18(10-12-19)22(3,4)5/h6-12H,13-15H2,1-5H3,(H,23,24). The smallest absolute Gasteiger partial charge is 0.258 e. The van der Waals surface area contributed by atoms with Gasteiger partial charge in [0.2, 0.25) is 0 Å². The van der Waals surface area contributed by atoms with Gasteiger partial charge in [-0.1, -0.05) is 45.0 Å². The van der Waals surface area contributed by atoms with Crippen LogP contribution in [0.2, 0.25) is 0 Å². The first kappa shape index (κ1) is 19.8. The van der Waals surface area contributed by atoms with Gasteiger partial charge in [0.15, 0.2) is 6.61 Å². The lowest BCUT2D eigenvalue weighted by Crippen LogP contribution is -2.32. The molecular weight excluding hydrogens is 326 g/mol. The fourth-order valence-corrected chi connectivity index (χ4v) is 2.49. The van der Waals surface area contributed by atoms with Crippen LogP contribution in [0.25, 0.3) is 0 Å². The molecule has 1 amide bonds. The van der Waals surface area contributed by atoms with Crippen LogP contribution in [0.1, 0.15) is 37.5 Å². The second-order valence-corrected chi connectivity index (χ2v) is 7.46. The summed E-state index contributed by atoms with van der Waals surface area (Å²) in [5.74, 6) is 1.40.